The summed E-state index contributed by atoms with van der Waals surface area (Å²) in [6.45, 7) is 2.97. The van der Waals surface area contributed by atoms with Gasteiger partial charge < -0.3 is 19.9 Å². The maximum atomic E-state index is 13.2. The fraction of sp³-hybridized carbons (Fsp3) is 0.357. The largest absolute Gasteiger partial charge is 0.378 e. The highest BCUT2D eigenvalue weighted by molar-refractivity contribution is 6.40. The number of carbonyl (C=O) groups is 1. The number of anilines is 1. The normalized spacial score (nSPS) is 17.0. The average molecular weight is 619 g/mol. The van der Waals surface area contributed by atoms with E-state index in [9.17, 15) is 9.59 Å². The molecule has 216 valence electrons. The summed E-state index contributed by atoms with van der Waals surface area (Å²) in [4.78, 5) is 37.3. The van der Waals surface area contributed by atoms with Gasteiger partial charge in [-0.1, -0.05) is 53.9 Å². The number of nitrogens with zero attached hydrogens (tertiary/aromatic N) is 5. The van der Waals surface area contributed by atoms with Crippen LogP contribution in [-0.2, 0) is 17.6 Å². The van der Waals surface area contributed by atoms with Crippen LogP contribution in [0.1, 0.15) is 24.0 Å². The predicted octanol–water partition coefficient (Wildman–Crippen LogP) is 4.70. The van der Waals surface area contributed by atoms with Gasteiger partial charge in [0.2, 0.25) is 0 Å². The van der Waals surface area contributed by atoms with E-state index in [0.29, 0.717) is 69.4 Å². The Balaban J connectivity index is 1.39. The van der Waals surface area contributed by atoms with E-state index in [2.05, 4.69) is 20.3 Å². The van der Waals surface area contributed by atoms with Gasteiger partial charge in [0.1, 0.15) is 16.9 Å². The highest BCUT2D eigenvalue weighted by Gasteiger charge is 2.32. The second-order valence-corrected chi connectivity index (χ2v) is 11.4. The van der Waals surface area contributed by atoms with E-state index in [0.717, 1.165) is 11.3 Å². The van der Waals surface area contributed by atoms with Crippen LogP contribution in [0.5, 0.6) is 0 Å². The van der Waals surface area contributed by atoms with Gasteiger partial charge in [0.15, 0.2) is 5.65 Å². The molecule has 2 aromatic carbocycles. The summed E-state index contributed by atoms with van der Waals surface area (Å²) in [5.74, 6) is 0.447. The van der Waals surface area contributed by atoms with Crippen LogP contribution in [0.2, 0.25) is 15.1 Å². The van der Waals surface area contributed by atoms with Crippen LogP contribution < -0.4 is 15.8 Å². The second kappa shape index (κ2) is 12.0. The van der Waals surface area contributed by atoms with Gasteiger partial charge in [0.25, 0.3) is 5.56 Å². The number of hydrogen-bond donors (Lipinski definition) is 2. The van der Waals surface area contributed by atoms with Gasteiger partial charge in [-0.05, 0) is 50.3 Å². The molecule has 13 heteroatoms. The zero-order chi connectivity index (χ0) is 29.4. The van der Waals surface area contributed by atoms with Gasteiger partial charge in [-0.3, -0.25) is 9.69 Å². The number of rotatable bonds is 7. The van der Waals surface area contributed by atoms with Crippen molar-refractivity contribution in [1.82, 2.24) is 30.0 Å². The van der Waals surface area contributed by atoms with E-state index in [-0.39, 0.29) is 23.7 Å². The van der Waals surface area contributed by atoms with Crippen LogP contribution in [0.3, 0.4) is 0 Å². The molecule has 2 aromatic heterocycles. The average Bonchev–Trinajstić information content (AvgIpc) is 3.53. The smallest absolute Gasteiger partial charge is 0.321 e. The zero-order valence-electron chi connectivity index (χ0n) is 23.0. The minimum Gasteiger partial charge on any atom is -0.378 e. The first kappa shape index (κ1) is 29.3. The molecule has 2 N–H and O–H groups in total. The van der Waals surface area contributed by atoms with E-state index < -0.39 is 0 Å². The molecular weight excluding hydrogens is 589 g/mol. The number of fused-ring (bicyclic) bond motifs is 1. The van der Waals surface area contributed by atoms with Crippen LogP contribution in [0.15, 0.2) is 41.2 Å². The van der Waals surface area contributed by atoms with Gasteiger partial charge in [0.05, 0.1) is 41.0 Å². The standard InChI is InChI=1S/C28H30Cl3N7O3/c1-5-20-24-26(38(35-20)25-18(30)11-16(29)12-19(25)31)33-23(34-27(24)39)10-15-6-8-17(9-7-15)37(4)28(40)32-21-13-41-14-22(21)36(2)3/h6-9,11-12,21-22H,5,10,13-14H2,1-4H3,(H,32,40)(H,33,34,39)/t21-,22-/m1/s1. The lowest BCUT2D eigenvalue weighted by Crippen LogP contribution is -2.52. The van der Waals surface area contributed by atoms with Crippen molar-refractivity contribution in [2.24, 2.45) is 0 Å². The molecule has 1 aliphatic rings. The molecule has 5 rings (SSSR count). The highest BCUT2D eigenvalue weighted by atomic mass is 35.5. The molecule has 2 amide bonds. The second-order valence-electron chi connectivity index (χ2n) is 10.2. The van der Waals surface area contributed by atoms with Gasteiger partial charge in [0, 0.05) is 24.2 Å². The molecule has 0 saturated carbocycles. The molecule has 0 aliphatic carbocycles. The summed E-state index contributed by atoms with van der Waals surface area (Å²) >= 11 is 19.1. The van der Waals surface area contributed by atoms with Gasteiger partial charge in [-0.2, -0.15) is 5.10 Å². The summed E-state index contributed by atoms with van der Waals surface area (Å²) in [5, 5.41) is 9.01. The van der Waals surface area contributed by atoms with Crippen molar-refractivity contribution in [3.05, 3.63) is 78.9 Å². The number of aryl methyl sites for hydroxylation is 1. The number of aromatic amines is 1. The molecule has 1 saturated heterocycles. The van der Waals surface area contributed by atoms with Crippen LogP contribution in [0.25, 0.3) is 16.7 Å². The molecule has 0 bridgehead atoms. The Morgan fingerprint density at radius 2 is 1.80 bits per heavy atom. The highest BCUT2D eigenvalue weighted by Crippen LogP contribution is 2.34. The number of H-pyrrole nitrogens is 1. The van der Waals surface area contributed by atoms with Gasteiger partial charge >= 0.3 is 6.03 Å². The Bertz CT molecular complexity index is 1630. The lowest BCUT2D eigenvalue weighted by Gasteiger charge is -2.27. The molecule has 0 radical (unpaired) electrons. The fourth-order valence-corrected chi connectivity index (χ4v) is 5.93. The molecule has 2 atom stereocenters. The van der Waals surface area contributed by atoms with Crippen LogP contribution in [0.4, 0.5) is 10.5 Å². The third-order valence-corrected chi connectivity index (χ3v) is 8.00. The van der Waals surface area contributed by atoms with Crippen LogP contribution in [-0.4, -0.2) is 77.1 Å². The number of aromatic nitrogens is 4. The van der Waals surface area contributed by atoms with E-state index in [4.69, 9.17) is 44.5 Å². The first-order chi connectivity index (χ1) is 19.6. The molecule has 0 spiro atoms. The SMILES string of the molecule is CCc1nn(-c2c(Cl)cc(Cl)cc2Cl)c2nc(Cc3ccc(N(C)C(=O)N[C@@H]4COC[C@H]4N(C)C)cc3)[nH]c(=O)c12. The topological polar surface area (TPSA) is 108 Å². The number of carbonyl (C=O) groups excluding carboxylic acids is 1. The van der Waals surface area contributed by atoms with Crippen molar-refractivity contribution < 1.29 is 9.53 Å². The lowest BCUT2D eigenvalue weighted by molar-refractivity contribution is 0.169. The monoisotopic (exact) mass is 617 g/mol. The first-order valence-electron chi connectivity index (χ1n) is 13.1. The number of ether oxygens (including phenoxy) is 1. The molecular formula is C28H30Cl3N7O3. The first-order valence-corrected chi connectivity index (χ1v) is 14.2. The van der Waals surface area contributed by atoms with Gasteiger partial charge in [-0.25, -0.2) is 14.5 Å². The zero-order valence-corrected chi connectivity index (χ0v) is 25.3. The predicted molar refractivity (Wildman–Crippen MR) is 162 cm³/mol. The Hall–Kier alpha value is -3.15. The maximum Gasteiger partial charge on any atom is 0.321 e. The molecule has 0 unspecified atom stereocenters. The van der Waals surface area contributed by atoms with Crippen molar-refractivity contribution in [2.45, 2.75) is 31.8 Å². The summed E-state index contributed by atoms with van der Waals surface area (Å²) in [7, 11) is 5.66. The Labute approximate surface area is 252 Å². The Kier molecular flexibility index (Phi) is 8.58. The quantitative estimate of drug-likeness (QED) is 0.311. The number of urea groups is 1. The van der Waals surface area contributed by atoms with Crippen molar-refractivity contribution in [3.63, 3.8) is 0 Å². The summed E-state index contributed by atoms with van der Waals surface area (Å²) in [5.41, 5.74) is 2.65. The lowest BCUT2D eigenvalue weighted by atomic mass is 10.1. The van der Waals surface area contributed by atoms with E-state index in [1.807, 2.05) is 45.3 Å². The third kappa shape index (κ3) is 5.93. The van der Waals surface area contributed by atoms with Gasteiger partial charge in [-0.15, -0.1) is 0 Å². The maximum absolute atomic E-state index is 13.2. The number of likely N-dealkylation sites (N-methyl/N-ethyl adjacent to an activating group) is 1. The molecule has 4 aromatic rings. The number of benzene rings is 2. The van der Waals surface area contributed by atoms with Crippen molar-refractivity contribution in [1.29, 1.82) is 0 Å². The van der Waals surface area contributed by atoms with Crippen LogP contribution in [0, 0.1) is 0 Å². The minimum atomic E-state index is -0.297. The third-order valence-electron chi connectivity index (χ3n) is 7.21. The van der Waals surface area contributed by atoms with Crippen molar-refractivity contribution in [2.75, 3.05) is 39.3 Å². The summed E-state index contributed by atoms with van der Waals surface area (Å²) in [6.07, 6.45) is 0.864. The number of amides is 2. The van der Waals surface area contributed by atoms with Crippen LogP contribution >= 0.6 is 34.8 Å². The van der Waals surface area contributed by atoms with E-state index in [1.54, 1.807) is 24.1 Å². The Morgan fingerprint density at radius 1 is 1.12 bits per heavy atom. The molecule has 10 nitrogen and oxygen atoms in total. The van der Waals surface area contributed by atoms with Crippen molar-refractivity contribution in [3.8, 4) is 5.69 Å². The Morgan fingerprint density at radius 3 is 2.44 bits per heavy atom. The van der Waals surface area contributed by atoms with E-state index >= 15 is 0 Å². The molecule has 41 heavy (non-hydrogen) atoms. The number of hydrogen-bond acceptors (Lipinski definition) is 6. The summed E-state index contributed by atoms with van der Waals surface area (Å²) < 4.78 is 7.05. The van der Waals surface area contributed by atoms with E-state index in [1.165, 1.54) is 4.68 Å². The molecule has 1 fully saturated rings. The number of halogens is 3. The number of nitrogens with one attached hydrogen (secondary N) is 2. The molecule has 1 aliphatic heterocycles. The van der Waals surface area contributed by atoms with Crippen molar-refractivity contribution >= 4 is 57.6 Å². The minimum absolute atomic E-state index is 0.0867. The fourth-order valence-electron chi connectivity index (χ4n) is 4.96. The molecule has 3 heterocycles. The summed E-state index contributed by atoms with van der Waals surface area (Å²) in [6, 6.07) is 10.5.